The summed E-state index contributed by atoms with van der Waals surface area (Å²) in [6, 6.07) is 9.67. The van der Waals surface area contributed by atoms with E-state index in [1.807, 2.05) is 37.6 Å². The molecule has 25 heavy (non-hydrogen) atoms. The van der Waals surface area contributed by atoms with E-state index in [4.69, 9.17) is 11.6 Å². The summed E-state index contributed by atoms with van der Waals surface area (Å²) in [6.07, 6.45) is 7.18. The van der Waals surface area contributed by atoms with Gasteiger partial charge in [0.2, 0.25) is 0 Å². The van der Waals surface area contributed by atoms with E-state index >= 15 is 0 Å². The Balaban J connectivity index is 1.90. The molecule has 0 fully saturated rings. The Morgan fingerprint density at radius 3 is 2.76 bits per heavy atom. The molecule has 0 bridgehead atoms. The molecule has 0 saturated heterocycles. The average Bonchev–Trinajstić information content (AvgIpc) is 3.21. The maximum Gasteiger partial charge on any atom is 0.130 e. The molecule has 122 valence electrons. The van der Waals surface area contributed by atoms with Crippen molar-refractivity contribution in [3.8, 4) is 17.2 Å². The van der Waals surface area contributed by atoms with Gasteiger partial charge in [-0.25, -0.2) is 9.50 Å². The van der Waals surface area contributed by atoms with Crippen molar-refractivity contribution in [2.24, 2.45) is 7.05 Å². The van der Waals surface area contributed by atoms with E-state index in [2.05, 4.69) is 21.3 Å². The summed E-state index contributed by atoms with van der Waals surface area (Å²) >= 11 is 7.44. The van der Waals surface area contributed by atoms with Crippen molar-refractivity contribution in [1.29, 1.82) is 5.26 Å². The van der Waals surface area contributed by atoms with Crippen LogP contribution < -0.4 is 0 Å². The third-order valence-corrected chi connectivity index (χ3v) is 4.82. The highest BCUT2D eigenvalue weighted by molar-refractivity contribution is 7.99. The molecule has 4 rings (SSSR count). The summed E-state index contributed by atoms with van der Waals surface area (Å²) < 4.78 is 3.46. The number of rotatable bonds is 3. The van der Waals surface area contributed by atoms with Crippen molar-refractivity contribution >= 4 is 28.9 Å². The van der Waals surface area contributed by atoms with Gasteiger partial charge in [-0.3, -0.25) is 4.68 Å². The zero-order chi connectivity index (χ0) is 17.4. The molecular weight excluding hydrogens is 356 g/mol. The fourth-order valence-electron chi connectivity index (χ4n) is 2.53. The first-order valence-corrected chi connectivity index (χ1v) is 8.54. The standard InChI is InChI=1S/C17H11ClN6S/c1-23-9-13(8-20-23)11-5-14(25-16-4-2-3-15(18)22-16)17-12(6-19)7-21-24(17)10-11/h2-5,7-10H,1H3. The topological polar surface area (TPSA) is 71.8 Å². The minimum absolute atomic E-state index is 0.429. The molecule has 4 heterocycles. The molecule has 0 unspecified atom stereocenters. The summed E-state index contributed by atoms with van der Waals surface area (Å²) in [5.41, 5.74) is 3.20. The highest BCUT2D eigenvalue weighted by Crippen LogP contribution is 2.35. The molecule has 0 saturated carbocycles. The minimum atomic E-state index is 0.429. The Morgan fingerprint density at radius 2 is 2.04 bits per heavy atom. The van der Waals surface area contributed by atoms with Gasteiger partial charge in [-0.05, 0) is 18.2 Å². The number of nitrogens with zero attached hydrogens (tertiary/aromatic N) is 6. The van der Waals surface area contributed by atoms with Gasteiger partial charge in [0.25, 0.3) is 0 Å². The van der Waals surface area contributed by atoms with Crippen molar-refractivity contribution in [3.05, 3.63) is 59.8 Å². The van der Waals surface area contributed by atoms with Crippen LogP contribution in [0.4, 0.5) is 0 Å². The van der Waals surface area contributed by atoms with E-state index in [1.165, 1.54) is 11.8 Å². The van der Waals surface area contributed by atoms with E-state index in [0.29, 0.717) is 10.7 Å². The van der Waals surface area contributed by atoms with Gasteiger partial charge in [-0.2, -0.15) is 15.5 Å². The molecular formula is C17H11ClN6S. The maximum absolute atomic E-state index is 9.39. The van der Waals surface area contributed by atoms with E-state index in [-0.39, 0.29) is 0 Å². The fourth-order valence-corrected chi connectivity index (χ4v) is 3.75. The molecule has 0 aliphatic carbocycles. The second-order valence-corrected chi connectivity index (χ2v) is 6.81. The van der Waals surface area contributed by atoms with E-state index in [1.54, 1.807) is 27.7 Å². The van der Waals surface area contributed by atoms with Gasteiger partial charge in [-0.1, -0.05) is 29.4 Å². The van der Waals surface area contributed by atoms with E-state index in [9.17, 15) is 5.26 Å². The van der Waals surface area contributed by atoms with Crippen LogP contribution >= 0.6 is 23.4 Å². The molecule has 0 N–H and O–H groups in total. The Kier molecular flexibility index (Phi) is 3.92. The van der Waals surface area contributed by atoms with Gasteiger partial charge >= 0.3 is 0 Å². The average molecular weight is 367 g/mol. The number of hydrogen-bond donors (Lipinski definition) is 0. The lowest BCUT2D eigenvalue weighted by molar-refractivity contribution is 0.768. The molecule has 0 radical (unpaired) electrons. The highest BCUT2D eigenvalue weighted by Gasteiger charge is 2.14. The highest BCUT2D eigenvalue weighted by atomic mass is 35.5. The number of halogens is 1. The fraction of sp³-hybridized carbons (Fsp3) is 0.0588. The van der Waals surface area contributed by atoms with Crippen LogP contribution in [0.5, 0.6) is 0 Å². The largest absolute Gasteiger partial charge is 0.275 e. The van der Waals surface area contributed by atoms with Crippen molar-refractivity contribution in [2.75, 3.05) is 0 Å². The Morgan fingerprint density at radius 1 is 1.16 bits per heavy atom. The van der Waals surface area contributed by atoms with Gasteiger partial charge in [0.1, 0.15) is 16.2 Å². The molecule has 0 aliphatic heterocycles. The lowest BCUT2D eigenvalue weighted by atomic mass is 10.1. The van der Waals surface area contributed by atoms with Crippen LogP contribution in [0, 0.1) is 11.3 Å². The Hall–Kier alpha value is -2.82. The van der Waals surface area contributed by atoms with Crippen LogP contribution in [-0.4, -0.2) is 24.4 Å². The number of aromatic nitrogens is 5. The zero-order valence-corrected chi connectivity index (χ0v) is 14.7. The number of pyridine rings is 2. The minimum Gasteiger partial charge on any atom is -0.275 e. The normalized spacial score (nSPS) is 10.9. The lowest BCUT2D eigenvalue weighted by Gasteiger charge is -2.07. The smallest absolute Gasteiger partial charge is 0.130 e. The monoisotopic (exact) mass is 366 g/mol. The first-order chi connectivity index (χ1) is 12.1. The Labute approximate surface area is 152 Å². The molecule has 0 aliphatic rings. The van der Waals surface area contributed by atoms with Gasteiger partial charge in [0.05, 0.1) is 23.5 Å². The van der Waals surface area contributed by atoms with Crippen LogP contribution in [-0.2, 0) is 7.05 Å². The van der Waals surface area contributed by atoms with Crippen LogP contribution in [0.1, 0.15) is 5.56 Å². The summed E-state index contributed by atoms with van der Waals surface area (Å²) in [7, 11) is 1.87. The van der Waals surface area contributed by atoms with Gasteiger partial charge in [-0.15, -0.1) is 0 Å². The number of hydrogen-bond acceptors (Lipinski definition) is 5. The molecule has 6 nitrogen and oxygen atoms in total. The van der Waals surface area contributed by atoms with Gasteiger partial charge < -0.3 is 0 Å². The first kappa shape index (κ1) is 15.7. The molecule has 4 aromatic rings. The zero-order valence-electron chi connectivity index (χ0n) is 13.1. The molecule has 4 aromatic heterocycles. The quantitative estimate of drug-likeness (QED) is 0.515. The van der Waals surface area contributed by atoms with Gasteiger partial charge in [0.15, 0.2) is 0 Å². The molecule has 0 amide bonds. The maximum atomic E-state index is 9.39. The van der Waals surface area contributed by atoms with Gasteiger partial charge in [0, 0.05) is 35.5 Å². The third kappa shape index (κ3) is 2.97. The molecule has 0 spiro atoms. The Bertz CT molecular complexity index is 1120. The second-order valence-electron chi connectivity index (χ2n) is 5.36. The predicted octanol–water partition coefficient (Wildman–Crippen LogP) is 3.81. The van der Waals surface area contributed by atoms with Crippen LogP contribution in [0.15, 0.2) is 59.0 Å². The van der Waals surface area contributed by atoms with Crippen molar-refractivity contribution < 1.29 is 0 Å². The molecule has 0 atom stereocenters. The summed E-state index contributed by atoms with van der Waals surface area (Å²) in [5, 5.41) is 19.1. The lowest BCUT2D eigenvalue weighted by Crippen LogP contribution is -1.92. The van der Waals surface area contributed by atoms with Crippen LogP contribution in [0.25, 0.3) is 16.6 Å². The van der Waals surface area contributed by atoms with E-state index < -0.39 is 0 Å². The molecule has 8 heteroatoms. The van der Waals surface area contributed by atoms with Crippen LogP contribution in [0.2, 0.25) is 5.15 Å². The van der Waals surface area contributed by atoms with Crippen LogP contribution in [0.3, 0.4) is 0 Å². The SMILES string of the molecule is Cn1cc(-c2cc(Sc3cccc(Cl)n3)c3c(C#N)cnn3c2)cn1. The van der Waals surface area contributed by atoms with Crippen molar-refractivity contribution in [3.63, 3.8) is 0 Å². The first-order valence-electron chi connectivity index (χ1n) is 7.35. The van der Waals surface area contributed by atoms with E-state index in [0.717, 1.165) is 26.6 Å². The molecule has 0 aromatic carbocycles. The van der Waals surface area contributed by atoms with Crippen molar-refractivity contribution in [1.82, 2.24) is 24.4 Å². The summed E-state index contributed by atoms with van der Waals surface area (Å²) in [5.74, 6) is 0. The number of nitriles is 1. The second kappa shape index (κ2) is 6.24. The number of fused-ring (bicyclic) bond motifs is 1. The number of aryl methyl sites for hydroxylation is 1. The summed E-state index contributed by atoms with van der Waals surface area (Å²) in [6.45, 7) is 0. The summed E-state index contributed by atoms with van der Waals surface area (Å²) in [4.78, 5) is 5.20. The third-order valence-electron chi connectivity index (χ3n) is 3.64. The predicted molar refractivity (Wildman–Crippen MR) is 95.5 cm³/mol. The van der Waals surface area contributed by atoms with Crippen molar-refractivity contribution in [2.45, 2.75) is 9.92 Å².